The Morgan fingerprint density at radius 2 is 2.20 bits per heavy atom. The number of thiophene rings is 1. The number of hydrogen-bond acceptors (Lipinski definition) is 3. The van der Waals surface area contributed by atoms with Gasteiger partial charge in [-0.3, -0.25) is 9.59 Å². The molecule has 1 aromatic rings. The summed E-state index contributed by atoms with van der Waals surface area (Å²) in [6, 6.07) is 1.95. The first-order valence-electron chi connectivity index (χ1n) is 4.36. The predicted octanol–water partition coefficient (Wildman–Crippen LogP) is 0.972. The normalized spacial score (nSPS) is 26.0. The monoisotopic (exact) mass is 288 g/mol. The van der Waals surface area contributed by atoms with Gasteiger partial charge in [0.25, 0.3) is 0 Å². The molecule has 0 saturated carbocycles. The van der Waals surface area contributed by atoms with E-state index in [9.17, 15) is 9.59 Å². The van der Waals surface area contributed by atoms with Crippen molar-refractivity contribution in [1.29, 1.82) is 0 Å². The molecule has 1 aromatic heterocycles. The topological polar surface area (TPSA) is 58.2 Å². The second-order valence-corrected chi connectivity index (χ2v) is 5.42. The molecule has 2 amide bonds. The molecule has 1 saturated heterocycles. The van der Waals surface area contributed by atoms with Gasteiger partial charge < -0.3 is 10.6 Å². The zero-order valence-electron chi connectivity index (χ0n) is 7.96. The highest BCUT2D eigenvalue weighted by Gasteiger charge is 2.37. The zero-order valence-corrected chi connectivity index (χ0v) is 10.4. The van der Waals surface area contributed by atoms with E-state index in [0.29, 0.717) is 6.54 Å². The molecule has 1 fully saturated rings. The van der Waals surface area contributed by atoms with Crippen LogP contribution in [-0.2, 0) is 15.1 Å². The molecule has 80 valence electrons. The molecule has 0 spiro atoms. The van der Waals surface area contributed by atoms with Gasteiger partial charge in [0.05, 0.1) is 5.54 Å². The van der Waals surface area contributed by atoms with E-state index >= 15 is 0 Å². The minimum atomic E-state index is -0.576. The van der Waals surface area contributed by atoms with E-state index in [4.69, 9.17) is 0 Å². The average molecular weight is 289 g/mol. The van der Waals surface area contributed by atoms with Crippen LogP contribution in [0.5, 0.6) is 0 Å². The molecule has 4 nitrogen and oxygen atoms in total. The highest BCUT2D eigenvalue weighted by Crippen LogP contribution is 2.30. The van der Waals surface area contributed by atoms with Crippen LogP contribution in [0.15, 0.2) is 15.9 Å². The van der Waals surface area contributed by atoms with Crippen molar-refractivity contribution >= 4 is 39.1 Å². The smallest absolute Gasteiger partial charge is 0.310 e. The Hall–Kier alpha value is -0.880. The third kappa shape index (κ3) is 1.91. The molecule has 15 heavy (non-hydrogen) atoms. The van der Waals surface area contributed by atoms with Gasteiger partial charge in [0, 0.05) is 21.3 Å². The van der Waals surface area contributed by atoms with E-state index in [-0.39, 0.29) is 0 Å². The number of carbonyl (C=O) groups excluding carboxylic acids is 2. The van der Waals surface area contributed by atoms with Crippen LogP contribution in [0.1, 0.15) is 11.8 Å². The fraction of sp³-hybridized carbons (Fsp3) is 0.333. The summed E-state index contributed by atoms with van der Waals surface area (Å²) in [6.07, 6.45) is 0. The molecule has 0 aliphatic carbocycles. The third-order valence-corrected chi connectivity index (χ3v) is 4.26. The van der Waals surface area contributed by atoms with Gasteiger partial charge in [-0.25, -0.2) is 0 Å². The number of halogens is 1. The molecule has 1 aliphatic rings. The summed E-state index contributed by atoms with van der Waals surface area (Å²) >= 11 is 4.91. The van der Waals surface area contributed by atoms with Crippen LogP contribution in [0.3, 0.4) is 0 Å². The maximum atomic E-state index is 11.3. The van der Waals surface area contributed by atoms with E-state index < -0.39 is 17.4 Å². The number of amides is 2. The van der Waals surface area contributed by atoms with Crippen LogP contribution in [0.4, 0.5) is 0 Å². The largest absolute Gasteiger partial charge is 0.345 e. The van der Waals surface area contributed by atoms with Gasteiger partial charge in [-0.15, -0.1) is 11.3 Å². The number of carbonyl (C=O) groups is 2. The summed E-state index contributed by atoms with van der Waals surface area (Å²) in [7, 11) is 0. The molecular weight excluding hydrogens is 280 g/mol. The zero-order chi connectivity index (χ0) is 11.1. The lowest BCUT2D eigenvalue weighted by molar-refractivity contribution is -0.142. The van der Waals surface area contributed by atoms with Crippen molar-refractivity contribution in [2.24, 2.45) is 0 Å². The number of piperazine rings is 1. The summed E-state index contributed by atoms with van der Waals surface area (Å²) in [5.41, 5.74) is -0.498. The molecule has 6 heteroatoms. The molecule has 1 atom stereocenters. The van der Waals surface area contributed by atoms with Crippen LogP contribution in [0.25, 0.3) is 0 Å². The van der Waals surface area contributed by atoms with Crippen molar-refractivity contribution in [2.45, 2.75) is 12.5 Å². The van der Waals surface area contributed by atoms with Crippen molar-refractivity contribution in [3.8, 4) is 0 Å². The van der Waals surface area contributed by atoms with Gasteiger partial charge in [-0.05, 0) is 28.9 Å². The Labute approximate surface area is 99.2 Å². The predicted molar refractivity (Wildman–Crippen MR) is 60.5 cm³/mol. The number of rotatable bonds is 1. The summed E-state index contributed by atoms with van der Waals surface area (Å²) < 4.78 is 0.981. The fourth-order valence-corrected chi connectivity index (χ4v) is 2.99. The fourth-order valence-electron chi connectivity index (χ4n) is 1.44. The van der Waals surface area contributed by atoms with Gasteiger partial charge >= 0.3 is 11.8 Å². The molecule has 1 aliphatic heterocycles. The van der Waals surface area contributed by atoms with Crippen LogP contribution in [-0.4, -0.2) is 18.4 Å². The lowest BCUT2D eigenvalue weighted by Crippen LogP contribution is -2.60. The van der Waals surface area contributed by atoms with E-state index in [0.717, 1.165) is 9.35 Å². The van der Waals surface area contributed by atoms with Crippen molar-refractivity contribution in [3.63, 3.8) is 0 Å². The first kappa shape index (κ1) is 10.6. The lowest BCUT2D eigenvalue weighted by Gasteiger charge is -2.33. The van der Waals surface area contributed by atoms with Gasteiger partial charge in [0.15, 0.2) is 0 Å². The second-order valence-electron chi connectivity index (χ2n) is 3.60. The molecule has 0 radical (unpaired) electrons. The van der Waals surface area contributed by atoms with Crippen LogP contribution in [0.2, 0.25) is 0 Å². The van der Waals surface area contributed by atoms with Gasteiger partial charge in [0.2, 0.25) is 0 Å². The Morgan fingerprint density at radius 3 is 2.73 bits per heavy atom. The highest BCUT2D eigenvalue weighted by molar-refractivity contribution is 9.10. The molecule has 2 heterocycles. The van der Waals surface area contributed by atoms with E-state index in [1.807, 2.05) is 18.4 Å². The molecular formula is C9H9BrN2O2S. The van der Waals surface area contributed by atoms with Crippen LogP contribution < -0.4 is 10.6 Å². The average Bonchev–Trinajstić information content (AvgIpc) is 2.60. The van der Waals surface area contributed by atoms with Crippen molar-refractivity contribution in [2.75, 3.05) is 6.54 Å². The molecule has 2 N–H and O–H groups in total. The lowest BCUT2D eigenvalue weighted by atomic mass is 9.98. The first-order valence-corrected chi connectivity index (χ1v) is 6.03. The third-order valence-electron chi connectivity index (χ3n) is 2.31. The Balaban J connectivity index is 2.28. The SMILES string of the molecule is CC1(c2cc(Br)cs2)CNC(=O)C(=O)N1. The number of hydrogen-bond donors (Lipinski definition) is 2. The van der Waals surface area contributed by atoms with Crippen LogP contribution >= 0.6 is 27.3 Å². The van der Waals surface area contributed by atoms with Gasteiger partial charge in [-0.2, -0.15) is 0 Å². The van der Waals surface area contributed by atoms with Crippen molar-refractivity contribution in [3.05, 3.63) is 20.8 Å². The summed E-state index contributed by atoms with van der Waals surface area (Å²) in [5, 5.41) is 7.23. The Morgan fingerprint density at radius 1 is 1.47 bits per heavy atom. The first-order chi connectivity index (χ1) is 7.01. The maximum Gasteiger partial charge on any atom is 0.310 e. The maximum absolute atomic E-state index is 11.3. The van der Waals surface area contributed by atoms with Crippen molar-refractivity contribution < 1.29 is 9.59 Å². The molecule has 1 unspecified atom stereocenters. The van der Waals surface area contributed by atoms with E-state index in [1.165, 1.54) is 0 Å². The summed E-state index contributed by atoms with van der Waals surface area (Å²) in [4.78, 5) is 23.3. The molecule has 2 rings (SSSR count). The van der Waals surface area contributed by atoms with Crippen LogP contribution in [0, 0.1) is 0 Å². The quantitative estimate of drug-likeness (QED) is 0.757. The Bertz CT molecular complexity index is 432. The minimum Gasteiger partial charge on any atom is -0.345 e. The molecule has 0 aromatic carbocycles. The van der Waals surface area contributed by atoms with Crippen molar-refractivity contribution in [1.82, 2.24) is 10.6 Å². The highest BCUT2D eigenvalue weighted by atomic mass is 79.9. The second kappa shape index (κ2) is 3.61. The van der Waals surface area contributed by atoms with Gasteiger partial charge in [0.1, 0.15) is 0 Å². The minimum absolute atomic E-state index is 0.421. The standard InChI is InChI=1S/C9H9BrN2O2S/c1-9(6-2-5(10)3-15-6)4-11-7(13)8(14)12-9/h2-3H,4H2,1H3,(H,11,13)(H,12,14). The van der Waals surface area contributed by atoms with E-state index in [2.05, 4.69) is 26.6 Å². The van der Waals surface area contributed by atoms with Gasteiger partial charge in [-0.1, -0.05) is 0 Å². The Kier molecular flexibility index (Phi) is 2.56. The number of nitrogens with one attached hydrogen (secondary N) is 2. The van der Waals surface area contributed by atoms with E-state index in [1.54, 1.807) is 11.3 Å². The molecule has 0 bridgehead atoms. The summed E-state index contributed by atoms with van der Waals surface area (Å²) in [6.45, 7) is 2.31. The summed E-state index contributed by atoms with van der Waals surface area (Å²) in [5.74, 6) is -1.14.